The fourth-order valence-electron chi connectivity index (χ4n) is 5.87. The third-order valence-corrected chi connectivity index (χ3v) is 8.41. The molecular weight excluding hydrogens is 372 g/mol. The number of likely N-dealkylation sites (tertiary alicyclic amines) is 1. The average Bonchev–Trinajstić information content (AvgIpc) is 3.02. The van der Waals surface area contributed by atoms with Gasteiger partial charge in [-0.1, -0.05) is 50.5 Å². The number of nitrogens with zero attached hydrogens (tertiary/aromatic N) is 1. The first kappa shape index (κ1) is 20.3. The summed E-state index contributed by atoms with van der Waals surface area (Å²) in [4.78, 5) is 2.51. The van der Waals surface area contributed by atoms with Crippen LogP contribution in [0.2, 0.25) is 0 Å². The van der Waals surface area contributed by atoms with E-state index in [-0.39, 0.29) is 17.3 Å². The lowest BCUT2D eigenvalue weighted by Gasteiger charge is -2.29. The Morgan fingerprint density at radius 1 is 1.21 bits per heavy atom. The molecule has 28 heavy (non-hydrogen) atoms. The molecule has 1 heterocycles. The molecule has 3 unspecified atom stereocenters. The summed E-state index contributed by atoms with van der Waals surface area (Å²) < 4.78 is 22.8. The lowest BCUT2D eigenvalue weighted by Crippen LogP contribution is -2.33. The van der Waals surface area contributed by atoms with Crippen LogP contribution in [0, 0.1) is 17.8 Å². The molecule has 0 amide bonds. The Morgan fingerprint density at radius 2 is 1.89 bits per heavy atom. The fourth-order valence-corrected chi connectivity index (χ4v) is 6.52. The Bertz CT molecular complexity index is 792. The third-order valence-electron chi connectivity index (χ3n) is 7.68. The number of primary sulfonamides is 1. The maximum atomic E-state index is 11.4. The summed E-state index contributed by atoms with van der Waals surface area (Å²) in [5.41, 5.74) is 2.16. The van der Waals surface area contributed by atoms with Gasteiger partial charge in [0, 0.05) is 25.0 Å². The summed E-state index contributed by atoms with van der Waals surface area (Å²) in [6, 6.07) is 7.95. The van der Waals surface area contributed by atoms with Gasteiger partial charge in [-0.25, -0.2) is 13.6 Å². The molecule has 1 saturated heterocycles. The Balaban J connectivity index is 1.31. The number of benzene rings is 1. The van der Waals surface area contributed by atoms with E-state index in [1.165, 1.54) is 37.7 Å². The zero-order chi connectivity index (χ0) is 19.9. The molecule has 3 N–H and O–H groups in total. The zero-order valence-electron chi connectivity index (χ0n) is 16.9. The van der Waals surface area contributed by atoms with Crippen LogP contribution in [-0.4, -0.2) is 44.2 Å². The number of nitrogens with two attached hydrogens (primary N) is 1. The summed E-state index contributed by atoms with van der Waals surface area (Å²) in [7, 11) is -3.50. The highest BCUT2D eigenvalue weighted by atomic mass is 32.2. The van der Waals surface area contributed by atoms with Gasteiger partial charge in [-0.05, 0) is 48.1 Å². The second-order valence-electron chi connectivity index (χ2n) is 9.52. The van der Waals surface area contributed by atoms with Crippen molar-refractivity contribution in [3.05, 3.63) is 35.4 Å². The molecule has 0 aromatic heterocycles. The molecule has 2 saturated carbocycles. The number of hydrogen-bond acceptors (Lipinski definition) is 4. The number of hydrogen-bond donors (Lipinski definition) is 2. The number of aliphatic hydroxyl groups excluding tert-OH is 1. The van der Waals surface area contributed by atoms with E-state index < -0.39 is 10.0 Å². The molecular formula is C22H34N2O3S. The van der Waals surface area contributed by atoms with Crippen molar-refractivity contribution in [2.24, 2.45) is 22.9 Å². The summed E-state index contributed by atoms with van der Waals surface area (Å²) in [6.45, 7) is 5.47. The van der Waals surface area contributed by atoms with Crippen LogP contribution < -0.4 is 5.14 Å². The van der Waals surface area contributed by atoms with Crippen molar-refractivity contribution in [3.8, 4) is 0 Å². The Morgan fingerprint density at radius 3 is 2.54 bits per heavy atom. The van der Waals surface area contributed by atoms with Gasteiger partial charge in [-0.3, -0.25) is 0 Å². The molecule has 156 valence electrons. The van der Waals surface area contributed by atoms with Gasteiger partial charge in [0.2, 0.25) is 10.0 Å². The minimum absolute atomic E-state index is 0.0998. The van der Waals surface area contributed by atoms with Crippen LogP contribution in [0.1, 0.15) is 56.6 Å². The predicted octanol–water partition coefficient (Wildman–Crippen LogP) is 2.63. The van der Waals surface area contributed by atoms with E-state index in [2.05, 4.69) is 17.9 Å². The predicted molar refractivity (Wildman–Crippen MR) is 111 cm³/mol. The Labute approximate surface area is 169 Å². The highest BCUT2D eigenvalue weighted by Gasteiger charge is 2.65. The van der Waals surface area contributed by atoms with E-state index in [1.54, 1.807) is 0 Å². The first-order chi connectivity index (χ1) is 13.3. The number of aliphatic hydroxyl groups is 1. The minimum Gasteiger partial charge on any atom is -0.393 e. The van der Waals surface area contributed by atoms with E-state index in [0.717, 1.165) is 31.6 Å². The van der Waals surface area contributed by atoms with Crippen LogP contribution in [-0.2, 0) is 21.2 Å². The van der Waals surface area contributed by atoms with Gasteiger partial charge in [0.05, 0.1) is 11.9 Å². The van der Waals surface area contributed by atoms with Crippen molar-refractivity contribution >= 4 is 10.0 Å². The molecule has 5 nitrogen and oxygen atoms in total. The highest BCUT2D eigenvalue weighted by molar-refractivity contribution is 7.88. The van der Waals surface area contributed by atoms with Crippen LogP contribution in [0.15, 0.2) is 24.3 Å². The second kappa shape index (κ2) is 7.71. The lowest BCUT2D eigenvalue weighted by atomic mass is 9.84. The maximum Gasteiger partial charge on any atom is 0.213 e. The van der Waals surface area contributed by atoms with Crippen molar-refractivity contribution < 1.29 is 13.5 Å². The zero-order valence-corrected chi connectivity index (χ0v) is 17.7. The van der Waals surface area contributed by atoms with Crippen molar-refractivity contribution in [2.45, 2.75) is 62.7 Å². The van der Waals surface area contributed by atoms with Crippen molar-refractivity contribution in [1.82, 2.24) is 4.90 Å². The van der Waals surface area contributed by atoms with Gasteiger partial charge >= 0.3 is 0 Å². The van der Waals surface area contributed by atoms with Crippen molar-refractivity contribution in [1.29, 1.82) is 0 Å². The second-order valence-corrected chi connectivity index (χ2v) is 11.1. The average molecular weight is 407 g/mol. The van der Waals surface area contributed by atoms with Crippen molar-refractivity contribution in [2.75, 3.05) is 19.6 Å². The van der Waals surface area contributed by atoms with Crippen LogP contribution in [0.5, 0.6) is 0 Å². The Hall–Kier alpha value is -0.950. The number of sulfonamides is 1. The van der Waals surface area contributed by atoms with E-state index in [4.69, 9.17) is 5.14 Å². The molecule has 4 rings (SSSR count). The lowest BCUT2D eigenvalue weighted by molar-refractivity contribution is 0.0666. The molecule has 0 spiro atoms. The van der Waals surface area contributed by atoms with Crippen molar-refractivity contribution in [3.63, 3.8) is 0 Å². The normalized spacial score (nSPS) is 32.2. The van der Waals surface area contributed by atoms with E-state index >= 15 is 0 Å². The summed E-state index contributed by atoms with van der Waals surface area (Å²) in [5, 5.41) is 15.7. The quantitative estimate of drug-likeness (QED) is 0.729. The molecule has 1 aromatic carbocycles. The van der Waals surface area contributed by atoms with Gasteiger partial charge in [0.25, 0.3) is 0 Å². The summed E-state index contributed by atoms with van der Waals surface area (Å²) >= 11 is 0. The molecule has 6 heteroatoms. The molecule has 1 aliphatic heterocycles. The molecule has 3 aliphatic rings. The molecule has 0 radical (unpaired) electrons. The minimum atomic E-state index is -3.50. The third kappa shape index (κ3) is 4.16. The first-order valence-electron chi connectivity index (χ1n) is 10.8. The molecule has 3 fully saturated rings. The molecule has 3 atom stereocenters. The molecule has 1 aromatic rings. The first-order valence-corrected chi connectivity index (χ1v) is 12.5. The van der Waals surface area contributed by atoms with Gasteiger partial charge in [0.15, 0.2) is 0 Å². The largest absolute Gasteiger partial charge is 0.393 e. The highest BCUT2D eigenvalue weighted by Crippen LogP contribution is 2.63. The van der Waals surface area contributed by atoms with E-state index in [1.807, 2.05) is 18.2 Å². The van der Waals surface area contributed by atoms with Gasteiger partial charge in [-0.15, -0.1) is 0 Å². The molecule has 2 aliphatic carbocycles. The number of piperidine rings is 1. The standard InChI is InChI=1S/C22H34N2O3S/c1-22(18-9-5-6-16(12-18)15-28(23,26)27)19-13-24(14-20(19)22)11-10-21(25)17-7-3-2-4-8-17/h5-6,9,12,17,19-21,25H,2-4,7-8,10-11,13-15H2,1H3,(H2,23,26,27). The van der Waals surface area contributed by atoms with Crippen LogP contribution in [0.3, 0.4) is 0 Å². The topological polar surface area (TPSA) is 83.6 Å². The van der Waals surface area contributed by atoms with E-state index in [9.17, 15) is 13.5 Å². The Kier molecular flexibility index (Phi) is 5.60. The smallest absolute Gasteiger partial charge is 0.213 e. The van der Waals surface area contributed by atoms with Crippen LogP contribution >= 0.6 is 0 Å². The number of fused-ring (bicyclic) bond motifs is 1. The maximum absolute atomic E-state index is 11.4. The van der Waals surface area contributed by atoms with Gasteiger partial charge < -0.3 is 10.0 Å². The molecule has 0 bridgehead atoms. The van der Waals surface area contributed by atoms with Crippen LogP contribution in [0.25, 0.3) is 0 Å². The van der Waals surface area contributed by atoms with Gasteiger partial charge in [0.1, 0.15) is 0 Å². The fraction of sp³-hybridized carbons (Fsp3) is 0.727. The summed E-state index contributed by atoms with van der Waals surface area (Å²) in [5.74, 6) is 1.67. The van der Waals surface area contributed by atoms with Crippen LogP contribution in [0.4, 0.5) is 0 Å². The monoisotopic (exact) mass is 406 g/mol. The number of rotatable bonds is 7. The van der Waals surface area contributed by atoms with E-state index in [0.29, 0.717) is 17.8 Å². The SMILES string of the molecule is CC1(c2cccc(CS(N)(=O)=O)c2)C2CN(CCC(O)C3CCCCC3)CC21. The summed E-state index contributed by atoms with van der Waals surface area (Å²) in [6.07, 6.45) is 7.02. The van der Waals surface area contributed by atoms with Gasteiger partial charge in [-0.2, -0.15) is 0 Å².